The van der Waals surface area contributed by atoms with E-state index >= 15 is 0 Å². The number of allylic oxidation sites excluding steroid dienone is 3. The number of carboxylic acids is 1. The van der Waals surface area contributed by atoms with Crippen molar-refractivity contribution in [1.82, 2.24) is 4.90 Å². The van der Waals surface area contributed by atoms with Crippen molar-refractivity contribution in [1.29, 1.82) is 0 Å². The third kappa shape index (κ3) is 6.97. The van der Waals surface area contributed by atoms with Gasteiger partial charge in [0.15, 0.2) is 0 Å². The molecule has 0 unspecified atom stereocenters. The van der Waals surface area contributed by atoms with Crippen LogP contribution in [0.1, 0.15) is 53.7 Å². The minimum atomic E-state index is -4.56. The highest BCUT2D eigenvalue weighted by Gasteiger charge is 2.32. The van der Waals surface area contributed by atoms with E-state index in [1.54, 1.807) is 56.3 Å². The van der Waals surface area contributed by atoms with Crippen molar-refractivity contribution in [2.75, 3.05) is 13.7 Å². The Kier molecular flexibility index (Phi) is 9.47. The minimum Gasteiger partial charge on any atom is -0.496 e. The van der Waals surface area contributed by atoms with E-state index < -0.39 is 17.7 Å². The molecule has 0 fully saturated rings. The van der Waals surface area contributed by atoms with Gasteiger partial charge in [0.2, 0.25) is 0 Å². The first kappa shape index (κ1) is 26.7. The molecule has 1 N–H and O–H groups in total. The number of amides is 1. The number of aliphatic carboxylic acids is 1. The smallest absolute Gasteiger partial charge is 0.416 e. The summed E-state index contributed by atoms with van der Waals surface area (Å²) in [7, 11) is 1.43. The molecule has 0 aliphatic rings. The van der Waals surface area contributed by atoms with Gasteiger partial charge in [0.25, 0.3) is 5.91 Å². The molecule has 0 aliphatic heterocycles. The molecule has 0 radical (unpaired) electrons. The number of carbonyl (C=O) groups is 2. The fourth-order valence-corrected chi connectivity index (χ4v) is 3.53. The molecule has 0 aromatic heterocycles. The number of carboxylic acid groups (broad SMARTS) is 1. The van der Waals surface area contributed by atoms with Gasteiger partial charge in [-0.25, -0.2) is 0 Å². The molecule has 34 heavy (non-hydrogen) atoms. The Hall–Kier alpha value is -3.55. The van der Waals surface area contributed by atoms with Crippen LogP contribution in [0.15, 0.2) is 66.4 Å². The van der Waals surface area contributed by atoms with E-state index in [1.165, 1.54) is 18.1 Å². The third-order valence-electron chi connectivity index (χ3n) is 5.23. The Balaban J connectivity index is 2.60. The van der Waals surface area contributed by atoms with Crippen LogP contribution in [0.5, 0.6) is 0 Å². The maximum atomic E-state index is 13.5. The second-order valence-corrected chi connectivity index (χ2v) is 7.46. The number of hydrogen-bond donors (Lipinski definition) is 1. The van der Waals surface area contributed by atoms with Crippen molar-refractivity contribution in [2.24, 2.45) is 0 Å². The van der Waals surface area contributed by atoms with Gasteiger partial charge in [0, 0.05) is 30.6 Å². The highest BCUT2D eigenvalue weighted by atomic mass is 19.4. The molecule has 0 atom stereocenters. The van der Waals surface area contributed by atoms with E-state index in [1.807, 2.05) is 0 Å². The zero-order chi connectivity index (χ0) is 25.3. The summed E-state index contributed by atoms with van der Waals surface area (Å²) in [6.07, 6.45) is -1.26. The molecule has 0 bridgehead atoms. The third-order valence-corrected chi connectivity index (χ3v) is 5.23. The van der Waals surface area contributed by atoms with Gasteiger partial charge in [0.05, 0.1) is 12.7 Å². The molecule has 0 saturated carbocycles. The second-order valence-electron chi connectivity index (χ2n) is 7.46. The molecule has 8 heteroatoms. The molecular formula is C26H28F3NO4. The van der Waals surface area contributed by atoms with E-state index in [4.69, 9.17) is 9.84 Å². The lowest BCUT2D eigenvalue weighted by atomic mass is 9.94. The van der Waals surface area contributed by atoms with E-state index in [0.29, 0.717) is 22.5 Å². The lowest BCUT2D eigenvalue weighted by Crippen LogP contribution is -2.30. The number of alkyl halides is 3. The number of ether oxygens (including phenoxy) is 1. The molecule has 1 amide bonds. The number of carbonyl (C=O) groups excluding carboxylic acids is 1. The highest BCUT2D eigenvalue weighted by Crippen LogP contribution is 2.35. The quantitative estimate of drug-likeness (QED) is 0.330. The minimum absolute atomic E-state index is 0.0690. The standard InChI is InChI=1S/C26H28F3NO4/c1-4-23(34-3)22(12-9-13-24(31)32)21-15-14-20(26(27,28)29)16-19(21)17-30(5-2)25(33)18-10-7-6-8-11-18/h4,6-8,10-12,14-16H,5,9,13,17H2,1-3H3,(H,31,32)/b22-12-,23-4+. The Morgan fingerprint density at radius 1 is 1.12 bits per heavy atom. The molecule has 2 aromatic rings. The monoisotopic (exact) mass is 475 g/mol. The summed E-state index contributed by atoms with van der Waals surface area (Å²) < 4.78 is 46.0. The van der Waals surface area contributed by atoms with Crippen molar-refractivity contribution in [2.45, 2.75) is 39.4 Å². The molecule has 0 saturated heterocycles. The Bertz CT molecular complexity index is 1060. The number of nitrogens with zero attached hydrogens (tertiary/aromatic N) is 1. The first-order valence-corrected chi connectivity index (χ1v) is 10.8. The van der Waals surface area contributed by atoms with Crippen LogP contribution in [0.25, 0.3) is 5.57 Å². The SMILES string of the molecule is C/C=C(OC)\C(=C/CCC(=O)O)c1ccc(C(F)(F)F)cc1CN(CC)C(=O)c1ccccc1. The van der Waals surface area contributed by atoms with E-state index in [0.717, 1.165) is 12.1 Å². The molecular weight excluding hydrogens is 447 g/mol. The number of rotatable bonds is 10. The van der Waals surface area contributed by atoms with Crippen LogP contribution in [0, 0.1) is 0 Å². The summed E-state index contributed by atoms with van der Waals surface area (Å²) in [6.45, 7) is 3.68. The maximum Gasteiger partial charge on any atom is 0.416 e. The summed E-state index contributed by atoms with van der Waals surface area (Å²) in [6, 6.07) is 11.9. The fraction of sp³-hybridized carbons (Fsp3) is 0.308. The number of benzene rings is 2. The largest absolute Gasteiger partial charge is 0.496 e. The van der Waals surface area contributed by atoms with Gasteiger partial charge in [-0.2, -0.15) is 13.2 Å². The summed E-state index contributed by atoms with van der Waals surface area (Å²) in [4.78, 5) is 25.5. The first-order chi connectivity index (χ1) is 16.1. The maximum absolute atomic E-state index is 13.5. The first-order valence-electron chi connectivity index (χ1n) is 10.8. The predicted molar refractivity (Wildman–Crippen MR) is 124 cm³/mol. The van der Waals surface area contributed by atoms with Crippen LogP contribution in [0.3, 0.4) is 0 Å². The van der Waals surface area contributed by atoms with E-state index in [9.17, 15) is 22.8 Å². The molecule has 182 valence electrons. The Morgan fingerprint density at radius 3 is 2.32 bits per heavy atom. The van der Waals surface area contributed by atoms with Gasteiger partial charge < -0.3 is 14.7 Å². The summed E-state index contributed by atoms with van der Waals surface area (Å²) in [5.74, 6) is -0.905. The Labute approximate surface area is 197 Å². The van der Waals surface area contributed by atoms with Crippen LogP contribution >= 0.6 is 0 Å². The van der Waals surface area contributed by atoms with Gasteiger partial charge in [-0.3, -0.25) is 9.59 Å². The van der Waals surface area contributed by atoms with Crippen molar-refractivity contribution in [3.05, 3.63) is 88.7 Å². The van der Waals surface area contributed by atoms with Gasteiger partial charge in [0.1, 0.15) is 5.76 Å². The van der Waals surface area contributed by atoms with Crippen molar-refractivity contribution < 1.29 is 32.6 Å². The van der Waals surface area contributed by atoms with Gasteiger partial charge in [-0.05, 0) is 61.7 Å². The highest BCUT2D eigenvalue weighted by molar-refractivity contribution is 5.94. The van der Waals surface area contributed by atoms with Crippen molar-refractivity contribution in [3.63, 3.8) is 0 Å². The summed E-state index contributed by atoms with van der Waals surface area (Å²) >= 11 is 0. The second kappa shape index (κ2) is 12.1. The normalized spacial score (nSPS) is 12.4. The van der Waals surface area contributed by atoms with Gasteiger partial charge in [-0.15, -0.1) is 0 Å². The lowest BCUT2D eigenvalue weighted by Gasteiger charge is -2.24. The molecule has 0 aliphatic carbocycles. The average molecular weight is 476 g/mol. The summed E-state index contributed by atoms with van der Waals surface area (Å²) in [5, 5.41) is 9.01. The predicted octanol–water partition coefficient (Wildman–Crippen LogP) is 6.17. The number of halogens is 3. The van der Waals surface area contributed by atoms with Crippen LogP contribution in [-0.2, 0) is 22.3 Å². The molecule has 0 heterocycles. The van der Waals surface area contributed by atoms with Crippen LogP contribution < -0.4 is 0 Å². The fourth-order valence-electron chi connectivity index (χ4n) is 3.53. The summed E-state index contributed by atoms with van der Waals surface area (Å²) in [5.41, 5.74) is 0.782. The topological polar surface area (TPSA) is 66.8 Å². The van der Waals surface area contributed by atoms with Gasteiger partial charge in [-0.1, -0.05) is 30.3 Å². The Morgan fingerprint density at radius 2 is 1.79 bits per heavy atom. The molecule has 5 nitrogen and oxygen atoms in total. The average Bonchev–Trinajstić information content (AvgIpc) is 2.81. The van der Waals surface area contributed by atoms with Crippen LogP contribution in [0.2, 0.25) is 0 Å². The van der Waals surface area contributed by atoms with Crippen LogP contribution in [0.4, 0.5) is 13.2 Å². The molecule has 2 aromatic carbocycles. The van der Waals surface area contributed by atoms with E-state index in [2.05, 4.69) is 0 Å². The van der Waals surface area contributed by atoms with Crippen molar-refractivity contribution >= 4 is 17.4 Å². The zero-order valence-electron chi connectivity index (χ0n) is 19.4. The van der Waals surface area contributed by atoms with E-state index in [-0.39, 0.29) is 37.4 Å². The number of hydrogen-bond acceptors (Lipinski definition) is 3. The van der Waals surface area contributed by atoms with Gasteiger partial charge >= 0.3 is 12.1 Å². The number of methoxy groups -OCH3 is 1. The molecule has 0 spiro atoms. The molecule has 2 rings (SSSR count). The zero-order valence-corrected chi connectivity index (χ0v) is 19.4. The van der Waals surface area contributed by atoms with Crippen molar-refractivity contribution in [3.8, 4) is 0 Å². The lowest BCUT2D eigenvalue weighted by molar-refractivity contribution is -0.138. The van der Waals surface area contributed by atoms with Crippen LogP contribution in [-0.4, -0.2) is 35.5 Å².